The molecule has 2 aromatic carbocycles. The van der Waals surface area contributed by atoms with Crippen LogP contribution < -0.4 is 4.90 Å². The minimum Gasteiger partial charge on any atom is -0.329 e. The van der Waals surface area contributed by atoms with Crippen molar-refractivity contribution in [2.45, 2.75) is 25.8 Å². The lowest BCUT2D eigenvalue weighted by molar-refractivity contribution is -0.140. The van der Waals surface area contributed by atoms with Crippen LogP contribution in [-0.4, -0.2) is 35.8 Å². The number of carbonyl (C=O) groups is 2. The average Bonchev–Trinajstić information content (AvgIpc) is 2.64. The number of aryl methyl sites for hydroxylation is 1. The Bertz CT molecular complexity index is 746. The number of carbonyl (C=O) groups excluding carboxylic acids is 2. The van der Waals surface area contributed by atoms with E-state index in [1.807, 2.05) is 30.3 Å². The third-order valence-corrected chi connectivity index (χ3v) is 4.58. The van der Waals surface area contributed by atoms with Crippen LogP contribution >= 0.6 is 0 Å². The molecule has 0 saturated carbocycles. The molecule has 1 fully saturated rings. The normalized spacial score (nSPS) is 17.7. The smallest absolute Gasteiger partial charge is 0.249 e. The molecule has 2 aromatic rings. The summed E-state index contributed by atoms with van der Waals surface area (Å²) in [6, 6.07) is 15.2. The summed E-state index contributed by atoms with van der Waals surface area (Å²) in [7, 11) is 0. The van der Waals surface area contributed by atoms with Gasteiger partial charge in [-0.1, -0.05) is 30.3 Å². The maximum atomic E-state index is 13.1. The van der Waals surface area contributed by atoms with Gasteiger partial charge in [0.2, 0.25) is 11.8 Å². The van der Waals surface area contributed by atoms with Gasteiger partial charge < -0.3 is 9.80 Å². The Labute approximate surface area is 146 Å². The molecule has 0 N–H and O–H groups in total. The molecule has 2 amide bonds. The number of rotatable bonds is 4. The standard InChI is InChI=1S/C20H21FN2O2/c1-15-20(25)23(18-10-8-17(21)9-11-18)14-13-22(15)19(24)12-7-16-5-3-2-4-6-16/h2-6,8-11,15H,7,12-14H2,1H3/t15-/m1/s1. The van der Waals surface area contributed by atoms with Crippen LogP contribution in [-0.2, 0) is 16.0 Å². The summed E-state index contributed by atoms with van der Waals surface area (Å²) in [5, 5.41) is 0. The first-order valence-corrected chi connectivity index (χ1v) is 8.46. The number of nitrogens with zero attached hydrogens (tertiary/aromatic N) is 2. The molecule has 0 aliphatic carbocycles. The van der Waals surface area contributed by atoms with Gasteiger partial charge in [0.05, 0.1) is 0 Å². The van der Waals surface area contributed by atoms with Crippen LogP contribution in [0.5, 0.6) is 0 Å². The van der Waals surface area contributed by atoms with Gasteiger partial charge in [-0.3, -0.25) is 9.59 Å². The van der Waals surface area contributed by atoms with Crippen LogP contribution in [0.15, 0.2) is 54.6 Å². The Morgan fingerprint density at radius 2 is 1.76 bits per heavy atom. The Morgan fingerprint density at radius 3 is 2.44 bits per heavy atom. The van der Waals surface area contributed by atoms with E-state index in [-0.39, 0.29) is 17.6 Å². The van der Waals surface area contributed by atoms with E-state index in [2.05, 4.69) is 0 Å². The van der Waals surface area contributed by atoms with Gasteiger partial charge in [0.25, 0.3) is 0 Å². The molecule has 0 bridgehead atoms. The van der Waals surface area contributed by atoms with Crippen molar-refractivity contribution in [1.29, 1.82) is 0 Å². The van der Waals surface area contributed by atoms with E-state index in [9.17, 15) is 14.0 Å². The molecule has 0 aromatic heterocycles. The molecule has 0 spiro atoms. The first-order chi connectivity index (χ1) is 12.1. The lowest BCUT2D eigenvalue weighted by atomic mass is 10.1. The molecule has 1 heterocycles. The molecular formula is C20H21FN2O2. The van der Waals surface area contributed by atoms with Crippen molar-refractivity contribution >= 4 is 17.5 Å². The highest BCUT2D eigenvalue weighted by Gasteiger charge is 2.34. The van der Waals surface area contributed by atoms with Gasteiger partial charge in [-0.05, 0) is 43.2 Å². The monoisotopic (exact) mass is 340 g/mol. The van der Waals surface area contributed by atoms with Gasteiger partial charge in [-0.15, -0.1) is 0 Å². The zero-order valence-corrected chi connectivity index (χ0v) is 14.2. The van der Waals surface area contributed by atoms with E-state index >= 15 is 0 Å². The van der Waals surface area contributed by atoms with Crippen LogP contribution in [0.3, 0.4) is 0 Å². The summed E-state index contributed by atoms with van der Waals surface area (Å²) in [6.45, 7) is 2.65. The second-order valence-electron chi connectivity index (χ2n) is 6.21. The van der Waals surface area contributed by atoms with Crippen molar-refractivity contribution in [3.63, 3.8) is 0 Å². The number of anilines is 1. The van der Waals surface area contributed by atoms with Gasteiger partial charge >= 0.3 is 0 Å². The van der Waals surface area contributed by atoms with Crippen molar-refractivity contribution in [3.8, 4) is 0 Å². The third kappa shape index (κ3) is 3.87. The maximum Gasteiger partial charge on any atom is 0.249 e. The maximum absolute atomic E-state index is 13.1. The molecule has 130 valence electrons. The Kier molecular flexibility index (Phi) is 5.12. The summed E-state index contributed by atoms with van der Waals surface area (Å²) >= 11 is 0. The predicted octanol–water partition coefficient (Wildman–Crippen LogP) is 3.02. The van der Waals surface area contributed by atoms with E-state index in [1.165, 1.54) is 12.1 Å². The lowest BCUT2D eigenvalue weighted by Crippen LogP contribution is -2.57. The quantitative estimate of drug-likeness (QED) is 0.858. The number of amides is 2. The molecule has 1 saturated heterocycles. The van der Waals surface area contributed by atoms with Crippen LogP contribution in [0.25, 0.3) is 0 Å². The van der Waals surface area contributed by atoms with Gasteiger partial charge in [0.15, 0.2) is 0 Å². The van der Waals surface area contributed by atoms with Crippen LogP contribution in [0.2, 0.25) is 0 Å². The topological polar surface area (TPSA) is 40.6 Å². The highest BCUT2D eigenvalue weighted by molar-refractivity contribution is 6.00. The number of benzene rings is 2. The molecule has 5 heteroatoms. The highest BCUT2D eigenvalue weighted by atomic mass is 19.1. The molecular weight excluding hydrogens is 319 g/mol. The van der Waals surface area contributed by atoms with E-state index in [4.69, 9.17) is 0 Å². The number of hydrogen-bond acceptors (Lipinski definition) is 2. The van der Waals surface area contributed by atoms with Gasteiger partial charge in [-0.2, -0.15) is 0 Å². The largest absolute Gasteiger partial charge is 0.329 e. The summed E-state index contributed by atoms with van der Waals surface area (Å²) in [4.78, 5) is 28.4. The van der Waals surface area contributed by atoms with E-state index in [0.29, 0.717) is 31.6 Å². The molecule has 0 radical (unpaired) electrons. The first kappa shape index (κ1) is 17.1. The number of halogens is 1. The SMILES string of the molecule is C[C@@H]1C(=O)N(c2ccc(F)cc2)CCN1C(=O)CCc1ccccc1. The fourth-order valence-electron chi connectivity index (χ4n) is 3.13. The van der Waals surface area contributed by atoms with Crippen molar-refractivity contribution in [1.82, 2.24) is 4.90 Å². The first-order valence-electron chi connectivity index (χ1n) is 8.46. The second-order valence-corrected chi connectivity index (χ2v) is 6.21. The minimum absolute atomic E-state index is 0.0107. The summed E-state index contributed by atoms with van der Waals surface area (Å²) in [5.74, 6) is -0.478. The third-order valence-electron chi connectivity index (χ3n) is 4.58. The van der Waals surface area contributed by atoms with Gasteiger partial charge in [0.1, 0.15) is 11.9 Å². The molecule has 4 nitrogen and oxygen atoms in total. The molecule has 1 aliphatic rings. The van der Waals surface area contributed by atoms with Crippen LogP contribution in [0, 0.1) is 5.82 Å². The summed E-state index contributed by atoms with van der Waals surface area (Å²) in [5.41, 5.74) is 1.77. The Hall–Kier alpha value is -2.69. The van der Waals surface area contributed by atoms with E-state index in [1.54, 1.807) is 28.9 Å². The molecule has 25 heavy (non-hydrogen) atoms. The lowest BCUT2D eigenvalue weighted by Gasteiger charge is -2.39. The highest BCUT2D eigenvalue weighted by Crippen LogP contribution is 2.21. The van der Waals surface area contributed by atoms with Crippen molar-refractivity contribution in [2.24, 2.45) is 0 Å². The summed E-state index contributed by atoms with van der Waals surface area (Å²) in [6.07, 6.45) is 1.05. The molecule has 3 rings (SSSR count). The Morgan fingerprint density at radius 1 is 1.08 bits per heavy atom. The van der Waals surface area contributed by atoms with Crippen LogP contribution in [0.4, 0.5) is 10.1 Å². The average molecular weight is 340 g/mol. The second kappa shape index (κ2) is 7.47. The number of hydrogen-bond donors (Lipinski definition) is 0. The molecule has 0 unspecified atom stereocenters. The van der Waals surface area contributed by atoms with Crippen LogP contribution in [0.1, 0.15) is 18.9 Å². The zero-order valence-electron chi connectivity index (χ0n) is 14.2. The van der Waals surface area contributed by atoms with Crippen molar-refractivity contribution in [2.75, 3.05) is 18.0 Å². The van der Waals surface area contributed by atoms with E-state index in [0.717, 1.165) is 5.56 Å². The molecule has 1 aliphatic heterocycles. The fourth-order valence-corrected chi connectivity index (χ4v) is 3.13. The van der Waals surface area contributed by atoms with Crippen molar-refractivity contribution in [3.05, 3.63) is 66.0 Å². The number of piperazine rings is 1. The Balaban J connectivity index is 1.62. The van der Waals surface area contributed by atoms with E-state index < -0.39 is 6.04 Å². The summed E-state index contributed by atoms with van der Waals surface area (Å²) < 4.78 is 13.1. The fraction of sp³-hybridized carbons (Fsp3) is 0.300. The van der Waals surface area contributed by atoms with Gasteiger partial charge in [-0.25, -0.2) is 4.39 Å². The van der Waals surface area contributed by atoms with Crippen molar-refractivity contribution < 1.29 is 14.0 Å². The minimum atomic E-state index is -0.512. The predicted molar refractivity (Wildman–Crippen MR) is 94.7 cm³/mol. The molecule has 1 atom stereocenters. The zero-order chi connectivity index (χ0) is 17.8. The van der Waals surface area contributed by atoms with Gasteiger partial charge in [0, 0.05) is 25.2 Å².